The van der Waals surface area contributed by atoms with Crippen LogP contribution in [0.15, 0.2) is 91.0 Å². The van der Waals surface area contributed by atoms with Gasteiger partial charge in [0.1, 0.15) is 6.10 Å². The van der Waals surface area contributed by atoms with Crippen LogP contribution in [0.3, 0.4) is 0 Å². The molecule has 0 N–H and O–H groups in total. The Balaban J connectivity index is 1.65. The topological polar surface area (TPSA) is 54.0 Å². The van der Waals surface area contributed by atoms with E-state index in [1.807, 2.05) is 97.9 Å². The molecule has 0 aliphatic carbocycles. The molecule has 0 saturated heterocycles. The van der Waals surface area contributed by atoms with E-state index in [2.05, 4.69) is 0 Å². The van der Waals surface area contributed by atoms with Crippen molar-refractivity contribution in [2.75, 3.05) is 6.61 Å². The SMILES string of the molecule is C[C@@H](OCc1ccccc1)C(OCc1ccccc1)[C@@H](COCc1ccccc1)OC=O. The van der Waals surface area contributed by atoms with Gasteiger partial charge < -0.3 is 18.9 Å². The lowest BCUT2D eigenvalue weighted by Gasteiger charge is -2.30. The third-order valence-electron chi connectivity index (χ3n) is 5.09. The fourth-order valence-electron chi connectivity index (χ4n) is 3.36. The minimum atomic E-state index is -0.606. The van der Waals surface area contributed by atoms with E-state index in [9.17, 15) is 4.79 Å². The van der Waals surface area contributed by atoms with Crippen LogP contribution in [-0.4, -0.2) is 31.4 Å². The molecule has 5 nitrogen and oxygen atoms in total. The van der Waals surface area contributed by atoms with Gasteiger partial charge >= 0.3 is 0 Å². The van der Waals surface area contributed by atoms with Crippen LogP contribution in [0.25, 0.3) is 0 Å². The molecule has 3 atom stereocenters. The Morgan fingerprint density at radius 3 is 1.66 bits per heavy atom. The van der Waals surface area contributed by atoms with E-state index in [0.29, 0.717) is 26.3 Å². The Bertz CT molecular complexity index is 886. The van der Waals surface area contributed by atoms with Crippen LogP contribution < -0.4 is 0 Å². The predicted molar refractivity (Wildman–Crippen MR) is 123 cm³/mol. The van der Waals surface area contributed by atoms with Crippen molar-refractivity contribution in [3.63, 3.8) is 0 Å². The first-order valence-electron chi connectivity index (χ1n) is 10.8. The van der Waals surface area contributed by atoms with Crippen molar-refractivity contribution in [3.05, 3.63) is 108 Å². The van der Waals surface area contributed by atoms with Crippen molar-refractivity contribution in [3.8, 4) is 0 Å². The molecule has 3 aromatic rings. The number of ether oxygens (including phenoxy) is 4. The standard InChI is InChI=1S/C27H30O5/c1-22(30-18-24-13-7-3-8-14-24)27(31-19-25-15-9-4-10-16-25)26(32-21-28)20-29-17-23-11-5-2-6-12-23/h2-16,21-22,26-27H,17-20H2,1H3/t22-,26-,27?/m1/s1. The number of rotatable bonds is 14. The molecule has 0 radical (unpaired) electrons. The van der Waals surface area contributed by atoms with Crippen LogP contribution in [0.1, 0.15) is 23.6 Å². The van der Waals surface area contributed by atoms with Crippen LogP contribution >= 0.6 is 0 Å². The lowest BCUT2D eigenvalue weighted by atomic mass is 10.1. The third kappa shape index (κ3) is 7.93. The molecule has 3 aromatic carbocycles. The van der Waals surface area contributed by atoms with Crippen molar-refractivity contribution in [1.29, 1.82) is 0 Å². The first-order chi connectivity index (χ1) is 15.8. The van der Waals surface area contributed by atoms with Crippen LogP contribution in [0, 0.1) is 0 Å². The van der Waals surface area contributed by atoms with E-state index in [4.69, 9.17) is 18.9 Å². The fraction of sp³-hybridized carbons (Fsp3) is 0.296. The smallest absolute Gasteiger partial charge is 0.293 e. The highest BCUT2D eigenvalue weighted by molar-refractivity contribution is 5.37. The van der Waals surface area contributed by atoms with Crippen molar-refractivity contribution < 1.29 is 23.7 Å². The molecule has 0 saturated carbocycles. The molecule has 1 unspecified atom stereocenters. The Morgan fingerprint density at radius 2 is 1.16 bits per heavy atom. The minimum absolute atomic E-state index is 0.201. The second-order valence-electron chi connectivity index (χ2n) is 7.53. The molecule has 0 fully saturated rings. The molecular weight excluding hydrogens is 404 g/mol. The zero-order valence-corrected chi connectivity index (χ0v) is 18.3. The zero-order chi connectivity index (χ0) is 22.4. The third-order valence-corrected chi connectivity index (χ3v) is 5.09. The van der Waals surface area contributed by atoms with E-state index in [1.54, 1.807) is 0 Å². The van der Waals surface area contributed by atoms with Gasteiger partial charge in [0.2, 0.25) is 0 Å². The van der Waals surface area contributed by atoms with E-state index in [1.165, 1.54) is 0 Å². The summed E-state index contributed by atoms with van der Waals surface area (Å²) in [5.74, 6) is 0. The molecular formula is C27H30O5. The number of carbonyl (C=O) groups excluding carboxylic acids is 1. The Kier molecular flexibility index (Phi) is 9.93. The monoisotopic (exact) mass is 434 g/mol. The van der Waals surface area contributed by atoms with Crippen molar-refractivity contribution in [2.24, 2.45) is 0 Å². The van der Waals surface area contributed by atoms with Gasteiger partial charge in [-0.1, -0.05) is 91.0 Å². The highest BCUT2D eigenvalue weighted by Crippen LogP contribution is 2.17. The van der Waals surface area contributed by atoms with Crippen LogP contribution in [0.5, 0.6) is 0 Å². The fourth-order valence-corrected chi connectivity index (χ4v) is 3.36. The molecule has 0 amide bonds. The van der Waals surface area contributed by atoms with Gasteiger partial charge in [-0.2, -0.15) is 0 Å². The number of benzene rings is 3. The maximum atomic E-state index is 11.3. The second kappa shape index (κ2) is 13.4. The summed E-state index contributed by atoms with van der Waals surface area (Å²) in [5.41, 5.74) is 3.14. The van der Waals surface area contributed by atoms with Crippen molar-refractivity contribution in [2.45, 2.75) is 45.1 Å². The quantitative estimate of drug-likeness (QED) is 0.337. The molecule has 0 spiro atoms. The number of carbonyl (C=O) groups is 1. The molecule has 5 heteroatoms. The molecule has 0 heterocycles. The first-order valence-corrected chi connectivity index (χ1v) is 10.8. The molecule has 168 valence electrons. The molecule has 0 aliphatic heterocycles. The number of hydrogen-bond acceptors (Lipinski definition) is 5. The number of hydrogen-bond donors (Lipinski definition) is 0. The minimum Gasteiger partial charge on any atom is -0.459 e. The summed E-state index contributed by atoms with van der Waals surface area (Å²) in [7, 11) is 0. The van der Waals surface area contributed by atoms with Gasteiger partial charge in [0.25, 0.3) is 6.47 Å². The lowest BCUT2D eigenvalue weighted by Crippen LogP contribution is -2.43. The molecule has 3 rings (SSSR count). The van der Waals surface area contributed by atoms with Crippen LogP contribution in [0.4, 0.5) is 0 Å². The van der Waals surface area contributed by atoms with Crippen molar-refractivity contribution in [1.82, 2.24) is 0 Å². The van der Waals surface area contributed by atoms with E-state index >= 15 is 0 Å². The van der Waals surface area contributed by atoms with Gasteiger partial charge in [0.15, 0.2) is 6.10 Å². The summed E-state index contributed by atoms with van der Waals surface area (Å²) in [6.45, 7) is 3.81. The van der Waals surface area contributed by atoms with Gasteiger partial charge in [-0.25, -0.2) is 0 Å². The summed E-state index contributed by atoms with van der Waals surface area (Å²) >= 11 is 0. The Labute approximate surface area is 189 Å². The van der Waals surface area contributed by atoms with E-state index in [0.717, 1.165) is 16.7 Å². The Hall–Kier alpha value is -2.99. The summed E-state index contributed by atoms with van der Waals surface area (Å²) in [6.07, 6.45) is -1.44. The highest BCUT2D eigenvalue weighted by atomic mass is 16.6. The summed E-state index contributed by atoms with van der Waals surface area (Å²) in [6, 6.07) is 29.7. The summed E-state index contributed by atoms with van der Waals surface area (Å²) in [5, 5.41) is 0. The second-order valence-corrected chi connectivity index (χ2v) is 7.53. The summed E-state index contributed by atoms with van der Waals surface area (Å²) < 4.78 is 23.6. The maximum absolute atomic E-state index is 11.3. The van der Waals surface area contributed by atoms with E-state index in [-0.39, 0.29) is 12.7 Å². The largest absolute Gasteiger partial charge is 0.459 e. The van der Waals surface area contributed by atoms with Gasteiger partial charge in [-0.3, -0.25) is 4.79 Å². The predicted octanol–water partition coefficient (Wildman–Crippen LogP) is 4.94. The van der Waals surface area contributed by atoms with Crippen LogP contribution in [-0.2, 0) is 43.6 Å². The van der Waals surface area contributed by atoms with Gasteiger partial charge in [-0.15, -0.1) is 0 Å². The molecule has 32 heavy (non-hydrogen) atoms. The molecule has 0 bridgehead atoms. The van der Waals surface area contributed by atoms with Crippen molar-refractivity contribution >= 4 is 6.47 Å². The highest BCUT2D eigenvalue weighted by Gasteiger charge is 2.30. The van der Waals surface area contributed by atoms with Gasteiger partial charge in [0.05, 0.1) is 32.5 Å². The maximum Gasteiger partial charge on any atom is 0.293 e. The first kappa shape index (κ1) is 23.7. The lowest BCUT2D eigenvalue weighted by molar-refractivity contribution is -0.168. The van der Waals surface area contributed by atoms with Gasteiger partial charge in [-0.05, 0) is 23.6 Å². The summed E-state index contributed by atoms with van der Waals surface area (Å²) in [4.78, 5) is 11.3. The average Bonchev–Trinajstić information content (AvgIpc) is 2.85. The zero-order valence-electron chi connectivity index (χ0n) is 18.3. The van der Waals surface area contributed by atoms with Gasteiger partial charge in [0, 0.05) is 0 Å². The molecule has 0 aromatic heterocycles. The van der Waals surface area contributed by atoms with Crippen LogP contribution in [0.2, 0.25) is 0 Å². The Morgan fingerprint density at radius 1 is 0.688 bits per heavy atom. The normalized spacial score (nSPS) is 13.8. The van der Waals surface area contributed by atoms with E-state index < -0.39 is 12.2 Å². The molecule has 0 aliphatic rings. The average molecular weight is 435 g/mol.